The summed E-state index contributed by atoms with van der Waals surface area (Å²) >= 11 is 4.10. The van der Waals surface area contributed by atoms with Crippen molar-refractivity contribution in [1.82, 2.24) is 4.98 Å². The number of oxazole rings is 1. The van der Waals surface area contributed by atoms with E-state index >= 15 is 0 Å². The molecule has 2 aromatic rings. The van der Waals surface area contributed by atoms with Gasteiger partial charge in [0.1, 0.15) is 5.52 Å². The normalized spacial score (nSPS) is 12.9. The van der Waals surface area contributed by atoms with E-state index in [0.29, 0.717) is 16.0 Å². The third kappa shape index (κ3) is 1.81. The summed E-state index contributed by atoms with van der Waals surface area (Å²) in [5, 5.41) is 17.7. The van der Waals surface area contributed by atoms with Crippen molar-refractivity contribution < 1.29 is 19.4 Å². The second kappa shape index (κ2) is 3.56. The first-order valence-corrected chi connectivity index (χ1v) is 4.53. The Morgan fingerprint density at radius 3 is 2.93 bits per heavy atom. The molecule has 1 heterocycles. The second-order valence-corrected chi connectivity index (χ2v) is 3.46. The quantitative estimate of drug-likeness (QED) is 0.669. The fourth-order valence-corrected chi connectivity index (χ4v) is 1.35. The number of hydrogen-bond donors (Lipinski definition) is 3. The Balaban J connectivity index is 2.51. The van der Waals surface area contributed by atoms with Gasteiger partial charge in [-0.15, -0.1) is 12.6 Å². The Labute approximate surface area is 89.8 Å². The summed E-state index contributed by atoms with van der Waals surface area (Å²) in [5.74, 6) is -1.62. The van der Waals surface area contributed by atoms with Crippen molar-refractivity contribution in [3.8, 4) is 0 Å². The molecule has 1 unspecified atom stereocenters. The van der Waals surface area contributed by atoms with Crippen LogP contribution in [0.15, 0.2) is 27.5 Å². The van der Waals surface area contributed by atoms with Crippen molar-refractivity contribution in [3.63, 3.8) is 0 Å². The molecule has 15 heavy (non-hydrogen) atoms. The second-order valence-electron chi connectivity index (χ2n) is 2.94. The zero-order valence-corrected chi connectivity index (χ0v) is 8.31. The van der Waals surface area contributed by atoms with Gasteiger partial charge in [0, 0.05) is 4.90 Å². The number of thiol groups is 1. The molecule has 2 N–H and O–H groups in total. The van der Waals surface area contributed by atoms with Crippen LogP contribution in [0.4, 0.5) is 0 Å². The zero-order valence-electron chi connectivity index (χ0n) is 7.41. The Kier molecular flexibility index (Phi) is 2.37. The van der Waals surface area contributed by atoms with Crippen LogP contribution in [0.1, 0.15) is 12.0 Å². The van der Waals surface area contributed by atoms with Gasteiger partial charge < -0.3 is 14.6 Å². The van der Waals surface area contributed by atoms with Gasteiger partial charge in [0.05, 0.1) is 0 Å². The highest BCUT2D eigenvalue weighted by molar-refractivity contribution is 7.80. The summed E-state index contributed by atoms with van der Waals surface area (Å²) in [6.07, 6.45) is -1.74. The highest BCUT2D eigenvalue weighted by Gasteiger charge is 2.22. The predicted molar refractivity (Wildman–Crippen MR) is 53.9 cm³/mol. The summed E-state index contributed by atoms with van der Waals surface area (Å²) in [7, 11) is 0. The third-order valence-electron chi connectivity index (χ3n) is 1.86. The summed E-state index contributed by atoms with van der Waals surface area (Å²) < 4.78 is 5.08. The summed E-state index contributed by atoms with van der Waals surface area (Å²) in [6, 6.07) is 4.94. The van der Waals surface area contributed by atoms with Gasteiger partial charge in [0.2, 0.25) is 12.0 Å². The predicted octanol–water partition coefficient (Wildman–Crippen LogP) is 1.23. The van der Waals surface area contributed by atoms with E-state index in [0.717, 1.165) is 0 Å². The molecule has 0 radical (unpaired) electrons. The molecule has 6 heteroatoms. The number of carboxylic acid groups (broad SMARTS) is 1. The average molecular weight is 225 g/mol. The van der Waals surface area contributed by atoms with Crippen LogP contribution >= 0.6 is 12.6 Å². The Hall–Kier alpha value is -1.53. The fourth-order valence-electron chi connectivity index (χ4n) is 1.15. The maximum Gasteiger partial charge on any atom is 0.342 e. The highest BCUT2D eigenvalue weighted by atomic mass is 32.1. The van der Waals surface area contributed by atoms with Crippen LogP contribution in [0, 0.1) is 0 Å². The van der Waals surface area contributed by atoms with E-state index in [9.17, 15) is 9.90 Å². The van der Waals surface area contributed by atoms with Crippen molar-refractivity contribution in [2.24, 2.45) is 0 Å². The molecular formula is C9H7NO4S. The molecule has 0 aliphatic carbocycles. The molecule has 2 rings (SSSR count). The number of carbonyl (C=O) groups is 1. The van der Waals surface area contributed by atoms with Crippen molar-refractivity contribution >= 4 is 29.7 Å². The molecule has 0 aliphatic rings. The largest absolute Gasteiger partial charge is 0.479 e. The molecule has 1 aromatic carbocycles. The van der Waals surface area contributed by atoms with Crippen LogP contribution in [-0.2, 0) is 4.79 Å². The third-order valence-corrected chi connectivity index (χ3v) is 2.13. The van der Waals surface area contributed by atoms with Crippen LogP contribution < -0.4 is 0 Å². The molecule has 0 bridgehead atoms. The highest BCUT2D eigenvalue weighted by Crippen LogP contribution is 2.22. The van der Waals surface area contributed by atoms with E-state index in [-0.39, 0.29) is 5.89 Å². The van der Waals surface area contributed by atoms with E-state index in [1.807, 2.05) is 0 Å². The number of aliphatic hydroxyl groups excluding tert-OH is 1. The van der Waals surface area contributed by atoms with E-state index in [1.54, 1.807) is 18.2 Å². The van der Waals surface area contributed by atoms with Gasteiger partial charge in [-0.25, -0.2) is 9.78 Å². The lowest BCUT2D eigenvalue weighted by atomic mass is 10.3. The van der Waals surface area contributed by atoms with Crippen LogP contribution in [0.3, 0.4) is 0 Å². The van der Waals surface area contributed by atoms with Crippen LogP contribution in [0.25, 0.3) is 11.1 Å². The molecule has 1 aromatic heterocycles. The minimum absolute atomic E-state index is 0.226. The topological polar surface area (TPSA) is 83.6 Å². The van der Waals surface area contributed by atoms with Gasteiger partial charge in [-0.05, 0) is 18.2 Å². The summed E-state index contributed by atoms with van der Waals surface area (Å²) in [4.78, 5) is 15.0. The fraction of sp³-hybridized carbons (Fsp3) is 0.111. The smallest absolute Gasteiger partial charge is 0.342 e. The van der Waals surface area contributed by atoms with Gasteiger partial charge >= 0.3 is 5.97 Å². The number of fused-ring (bicyclic) bond motifs is 1. The molecule has 1 atom stereocenters. The Morgan fingerprint density at radius 1 is 1.53 bits per heavy atom. The average Bonchev–Trinajstić information content (AvgIpc) is 2.58. The van der Waals surface area contributed by atoms with Crippen LogP contribution in [0.5, 0.6) is 0 Å². The molecule has 0 fully saturated rings. The Morgan fingerprint density at radius 2 is 2.27 bits per heavy atom. The van der Waals surface area contributed by atoms with Gasteiger partial charge in [0.15, 0.2) is 5.58 Å². The van der Waals surface area contributed by atoms with E-state index in [4.69, 9.17) is 9.52 Å². The summed E-state index contributed by atoms with van der Waals surface area (Å²) in [6.45, 7) is 0. The zero-order chi connectivity index (χ0) is 11.0. The lowest BCUT2D eigenvalue weighted by molar-refractivity contribution is -0.148. The van der Waals surface area contributed by atoms with Crippen LogP contribution in [0.2, 0.25) is 0 Å². The molecule has 0 spiro atoms. The number of aromatic nitrogens is 1. The van der Waals surface area contributed by atoms with E-state index in [2.05, 4.69) is 17.6 Å². The van der Waals surface area contributed by atoms with Gasteiger partial charge in [0.25, 0.3) is 0 Å². The monoisotopic (exact) mass is 225 g/mol. The molecule has 0 amide bonds. The van der Waals surface area contributed by atoms with E-state index in [1.165, 1.54) is 0 Å². The first kappa shape index (κ1) is 10.0. The molecule has 78 valence electrons. The van der Waals surface area contributed by atoms with Gasteiger partial charge in [-0.3, -0.25) is 0 Å². The first-order chi connectivity index (χ1) is 7.08. The number of benzene rings is 1. The van der Waals surface area contributed by atoms with Gasteiger partial charge in [-0.1, -0.05) is 0 Å². The number of carboxylic acids is 1. The molecule has 0 saturated heterocycles. The first-order valence-electron chi connectivity index (χ1n) is 4.08. The minimum Gasteiger partial charge on any atom is -0.479 e. The maximum atomic E-state index is 10.5. The maximum absolute atomic E-state index is 10.5. The van der Waals surface area contributed by atoms with Crippen LogP contribution in [-0.4, -0.2) is 21.2 Å². The summed E-state index contributed by atoms with van der Waals surface area (Å²) in [5.41, 5.74) is 0.890. The number of rotatable bonds is 2. The number of nitrogens with zero attached hydrogens (tertiary/aromatic N) is 1. The van der Waals surface area contributed by atoms with Crippen molar-refractivity contribution in [2.75, 3.05) is 0 Å². The lowest BCUT2D eigenvalue weighted by Crippen LogP contribution is -2.10. The van der Waals surface area contributed by atoms with E-state index < -0.39 is 12.1 Å². The molecular weight excluding hydrogens is 218 g/mol. The lowest BCUT2D eigenvalue weighted by Gasteiger charge is -1.96. The minimum atomic E-state index is -1.74. The molecule has 5 nitrogen and oxygen atoms in total. The molecule has 0 aliphatic heterocycles. The number of aliphatic hydroxyl groups is 1. The van der Waals surface area contributed by atoms with Crippen molar-refractivity contribution in [1.29, 1.82) is 0 Å². The Bertz CT molecular complexity index is 522. The van der Waals surface area contributed by atoms with Crippen molar-refractivity contribution in [2.45, 2.75) is 11.0 Å². The van der Waals surface area contributed by atoms with Crippen molar-refractivity contribution in [3.05, 3.63) is 24.1 Å². The van der Waals surface area contributed by atoms with Gasteiger partial charge in [-0.2, -0.15) is 0 Å². The number of hydrogen-bond acceptors (Lipinski definition) is 5. The molecule has 0 saturated carbocycles. The number of aliphatic carboxylic acids is 1. The standard InChI is InChI=1S/C9H7NO4S/c11-7(9(12)13)8-10-5-2-1-4(15)3-6(5)14-8/h1-3,7,11,15H,(H,12,13). The SMILES string of the molecule is O=C(O)C(O)c1nc2ccc(S)cc2o1.